The molecule has 4 nitrogen and oxygen atoms in total. The molecule has 4 heteroatoms. The largest absolute Gasteiger partial charge is 0.477 e. The maximum absolute atomic E-state index is 5.39. The van der Waals surface area contributed by atoms with Gasteiger partial charge in [-0.2, -0.15) is 5.10 Å². The van der Waals surface area contributed by atoms with Gasteiger partial charge in [0, 0.05) is 6.20 Å². The van der Waals surface area contributed by atoms with Crippen LogP contribution in [0.4, 0.5) is 0 Å². The number of aromatic nitrogens is 3. The second-order valence-electron chi connectivity index (χ2n) is 2.78. The summed E-state index contributed by atoms with van der Waals surface area (Å²) >= 11 is 0. The smallest absolute Gasteiger partial charge is 0.224 e. The molecular weight excluding hydrogens is 166 g/mol. The first-order chi connectivity index (χ1) is 6.33. The van der Waals surface area contributed by atoms with Crippen LogP contribution in [0.1, 0.15) is 12.6 Å². The monoisotopic (exact) mass is 177 g/mol. The maximum atomic E-state index is 5.39. The highest BCUT2D eigenvalue weighted by Gasteiger charge is 2.07. The Balaban J connectivity index is 2.65. The molecule has 0 unspecified atom stereocenters. The minimum atomic E-state index is 0.622. The van der Waals surface area contributed by atoms with Crippen LogP contribution in [0.5, 0.6) is 5.88 Å². The summed E-state index contributed by atoms with van der Waals surface area (Å²) in [5, 5.41) is 7.99. The molecule has 0 amide bonds. The maximum Gasteiger partial charge on any atom is 0.224 e. The highest BCUT2D eigenvalue weighted by molar-refractivity contribution is 5.85. The summed E-state index contributed by atoms with van der Waals surface area (Å²) in [6.45, 7) is 4.50. The summed E-state index contributed by atoms with van der Waals surface area (Å²) in [6, 6.07) is 1.89. The average Bonchev–Trinajstić information content (AvgIpc) is 2.50. The van der Waals surface area contributed by atoms with E-state index in [1.807, 2.05) is 19.9 Å². The van der Waals surface area contributed by atoms with Crippen LogP contribution < -0.4 is 4.74 Å². The van der Waals surface area contributed by atoms with Gasteiger partial charge in [-0.1, -0.05) is 0 Å². The number of H-pyrrole nitrogens is 1. The predicted molar refractivity (Wildman–Crippen MR) is 49.8 cm³/mol. The molecule has 0 aliphatic carbocycles. The van der Waals surface area contributed by atoms with Gasteiger partial charge in [0.2, 0.25) is 5.88 Å². The van der Waals surface area contributed by atoms with Crippen molar-refractivity contribution < 1.29 is 4.74 Å². The van der Waals surface area contributed by atoms with E-state index in [0.29, 0.717) is 12.5 Å². The fourth-order valence-corrected chi connectivity index (χ4v) is 1.33. The molecule has 0 atom stereocenters. The van der Waals surface area contributed by atoms with E-state index in [2.05, 4.69) is 15.2 Å². The lowest BCUT2D eigenvalue weighted by Crippen LogP contribution is -1.94. The van der Waals surface area contributed by atoms with Crippen molar-refractivity contribution in [2.24, 2.45) is 0 Å². The number of aromatic amines is 1. The molecule has 0 radical (unpaired) electrons. The van der Waals surface area contributed by atoms with Crippen LogP contribution >= 0.6 is 0 Å². The Kier molecular flexibility index (Phi) is 1.88. The Morgan fingerprint density at radius 2 is 2.38 bits per heavy atom. The molecule has 2 rings (SSSR count). The Bertz CT molecular complexity index is 422. The van der Waals surface area contributed by atoms with E-state index in [0.717, 1.165) is 16.6 Å². The average molecular weight is 177 g/mol. The molecular formula is C9H11N3O. The van der Waals surface area contributed by atoms with Crippen molar-refractivity contribution >= 4 is 10.9 Å². The van der Waals surface area contributed by atoms with Crippen LogP contribution in [-0.2, 0) is 0 Å². The van der Waals surface area contributed by atoms with Crippen molar-refractivity contribution in [3.8, 4) is 5.88 Å². The SMILES string of the molecule is CCOc1nccc2[nH]nc(C)c12. The number of nitrogens with one attached hydrogen (secondary N) is 1. The zero-order valence-electron chi connectivity index (χ0n) is 7.66. The number of hydrogen-bond acceptors (Lipinski definition) is 3. The van der Waals surface area contributed by atoms with Crippen LogP contribution in [-0.4, -0.2) is 21.8 Å². The van der Waals surface area contributed by atoms with Gasteiger partial charge in [0.1, 0.15) is 0 Å². The number of pyridine rings is 1. The first kappa shape index (κ1) is 8.04. The zero-order valence-corrected chi connectivity index (χ0v) is 7.66. The number of fused-ring (bicyclic) bond motifs is 1. The van der Waals surface area contributed by atoms with Gasteiger partial charge in [-0.05, 0) is 19.9 Å². The first-order valence-corrected chi connectivity index (χ1v) is 4.25. The number of hydrogen-bond donors (Lipinski definition) is 1. The number of rotatable bonds is 2. The van der Waals surface area contributed by atoms with Gasteiger partial charge in [0.15, 0.2) is 0 Å². The fraction of sp³-hybridized carbons (Fsp3) is 0.333. The topological polar surface area (TPSA) is 50.8 Å². The van der Waals surface area contributed by atoms with Gasteiger partial charge in [0.25, 0.3) is 0 Å². The zero-order chi connectivity index (χ0) is 9.26. The lowest BCUT2D eigenvalue weighted by molar-refractivity contribution is 0.331. The molecule has 0 aromatic carbocycles. The second kappa shape index (κ2) is 3.05. The van der Waals surface area contributed by atoms with Gasteiger partial charge in [0.05, 0.1) is 23.2 Å². The summed E-state index contributed by atoms with van der Waals surface area (Å²) in [4.78, 5) is 4.15. The van der Waals surface area contributed by atoms with E-state index in [1.54, 1.807) is 6.20 Å². The van der Waals surface area contributed by atoms with Crippen molar-refractivity contribution in [2.75, 3.05) is 6.61 Å². The highest BCUT2D eigenvalue weighted by atomic mass is 16.5. The number of nitrogens with zero attached hydrogens (tertiary/aromatic N) is 2. The minimum absolute atomic E-state index is 0.622. The van der Waals surface area contributed by atoms with Crippen LogP contribution in [0.15, 0.2) is 12.3 Å². The van der Waals surface area contributed by atoms with Crippen molar-refractivity contribution in [3.05, 3.63) is 18.0 Å². The molecule has 2 aromatic heterocycles. The normalized spacial score (nSPS) is 10.6. The molecule has 13 heavy (non-hydrogen) atoms. The third-order valence-corrected chi connectivity index (χ3v) is 1.90. The number of aryl methyl sites for hydroxylation is 1. The summed E-state index contributed by atoms with van der Waals surface area (Å²) in [5.74, 6) is 0.659. The summed E-state index contributed by atoms with van der Waals surface area (Å²) in [5.41, 5.74) is 1.89. The van der Waals surface area contributed by atoms with Gasteiger partial charge in [-0.15, -0.1) is 0 Å². The molecule has 0 aliphatic rings. The molecule has 0 bridgehead atoms. The molecule has 0 aliphatic heterocycles. The Morgan fingerprint density at radius 3 is 3.15 bits per heavy atom. The Hall–Kier alpha value is -1.58. The molecule has 0 saturated heterocycles. The van der Waals surface area contributed by atoms with Crippen molar-refractivity contribution in [1.82, 2.24) is 15.2 Å². The van der Waals surface area contributed by atoms with E-state index in [1.165, 1.54) is 0 Å². The number of ether oxygens (including phenoxy) is 1. The Labute approximate surface area is 75.9 Å². The van der Waals surface area contributed by atoms with E-state index < -0.39 is 0 Å². The third-order valence-electron chi connectivity index (χ3n) is 1.90. The lowest BCUT2D eigenvalue weighted by atomic mass is 10.2. The molecule has 0 spiro atoms. The summed E-state index contributed by atoms with van der Waals surface area (Å²) in [7, 11) is 0. The molecule has 68 valence electrons. The van der Waals surface area contributed by atoms with E-state index in [-0.39, 0.29) is 0 Å². The van der Waals surface area contributed by atoms with Crippen molar-refractivity contribution in [1.29, 1.82) is 0 Å². The molecule has 0 fully saturated rings. The van der Waals surface area contributed by atoms with Crippen LogP contribution in [0.2, 0.25) is 0 Å². The van der Waals surface area contributed by atoms with Crippen LogP contribution in [0, 0.1) is 6.92 Å². The van der Waals surface area contributed by atoms with E-state index in [4.69, 9.17) is 4.74 Å². The van der Waals surface area contributed by atoms with Crippen LogP contribution in [0.3, 0.4) is 0 Å². The molecule has 2 aromatic rings. The fourth-order valence-electron chi connectivity index (χ4n) is 1.33. The third kappa shape index (κ3) is 1.24. The lowest BCUT2D eigenvalue weighted by Gasteiger charge is -2.02. The highest BCUT2D eigenvalue weighted by Crippen LogP contribution is 2.23. The van der Waals surface area contributed by atoms with Gasteiger partial charge in [-0.3, -0.25) is 5.10 Å². The molecule has 0 saturated carbocycles. The van der Waals surface area contributed by atoms with E-state index in [9.17, 15) is 0 Å². The Morgan fingerprint density at radius 1 is 1.54 bits per heavy atom. The quantitative estimate of drug-likeness (QED) is 0.759. The molecule has 1 N–H and O–H groups in total. The van der Waals surface area contributed by atoms with Crippen molar-refractivity contribution in [3.63, 3.8) is 0 Å². The van der Waals surface area contributed by atoms with Crippen molar-refractivity contribution in [2.45, 2.75) is 13.8 Å². The first-order valence-electron chi connectivity index (χ1n) is 4.25. The van der Waals surface area contributed by atoms with Gasteiger partial charge < -0.3 is 4.74 Å². The minimum Gasteiger partial charge on any atom is -0.477 e. The van der Waals surface area contributed by atoms with E-state index >= 15 is 0 Å². The standard InChI is InChI=1S/C9H11N3O/c1-3-13-9-8-6(2)11-12-7(8)4-5-10-9/h4-5H,3H2,1-2H3,(H,11,12). The molecule has 2 heterocycles. The van der Waals surface area contributed by atoms with Crippen LogP contribution in [0.25, 0.3) is 10.9 Å². The summed E-state index contributed by atoms with van der Waals surface area (Å²) < 4.78 is 5.39. The van der Waals surface area contributed by atoms with Gasteiger partial charge in [-0.25, -0.2) is 4.98 Å². The second-order valence-corrected chi connectivity index (χ2v) is 2.78. The van der Waals surface area contributed by atoms with Gasteiger partial charge >= 0.3 is 0 Å². The predicted octanol–water partition coefficient (Wildman–Crippen LogP) is 1.67. The summed E-state index contributed by atoms with van der Waals surface area (Å²) in [6.07, 6.45) is 1.71.